The molecule has 0 aromatic carbocycles. The molecule has 1 aromatic heterocycles. The SMILES string of the molecule is C=CC(NN)c1cc(C)nn1C. The minimum atomic E-state index is -0.0313. The lowest BCUT2D eigenvalue weighted by Crippen LogP contribution is -2.27. The zero-order chi connectivity index (χ0) is 9.14. The molecule has 0 saturated carbocycles. The molecular formula is C8H14N4. The number of hydrogen-bond donors (Lipinski definition) is 2. The predicted octanol–water partition coefficient (Wildman–Crippen LogP) is 0.419. The molecule has 3 N–H and O–H groups in total. The first-order chi connectivity index (χ1) is 5.69. The van der Waals surface area contributed by atoms with Crippen LogP contribution in [0.1, 0.15) is 17.4 Å². The number of aromatic nitrogens is 2. The lowest BCUT2D eigenvalue weighted by molar-refractivity contribution is 0.588. The Hall–Kier alpha value is -1.13. The highest BCUT2D eigenvalue weighted by Crippen LogP contribution is 2.12. The van der Waals surface area contributed by atoms with Crippen LogP contribution in [-0.2, 0) is 7.05 Å². The van der Waals surface area contributed by atoms with Crippen molar-refractivity contribution in [1.82, 2.24) is 15.2 Å². The van der Waals surface area contributed by atoms with Crippen molar-refractivity contribution in [3.8, 4) is 0 Å². The van der Waals surface area contributed by atoms with Crippen molar-refractivity contribution in [2.24, 2.45) is 12.9 Å². The Morgan fingerprint density at radius 2 is 2.50 bits per heavy atom. The fourth-order valence-electron chi connectivity index (χ4n) is 1.20. The van der Waals surface area contributed by atoms with E-state index in [1.165, 1.54) is 0 Å². The van der Waals surface area contributed by atoms with Crippen LogP contribution in [-0.4, -0.2) is 9.78 Å². The van der Waals surface area contributed by atoms with E-state index in [1.807, 2.05) is 20.0 Å². The third-order valence-corrected chi connectivity index (χ3v) is 1.77. The summed E-state index contributed by atoms with van der Waals surface area (Å²) >= 11 is 0. The number of rotatable bonds is 3. The molecule has 0 amide bonds. The van der Waals surface area contributed by atoms with E-state index in [2.05, 4.69) is 17.1 Å². The third kappa shape index (κ3) is 1.54. The molecule has 4 nitrogen and oxygen atoms in total. The summed E-state index contributed by atoms with van der Waals surface area (Å²) in [4.78, 5) is 0. The molecule has 0 aliphatic rings. The molecule has 1 rings (SSSR count). The Bertz CT molecular complexity index is 277. The molecule has 1 aromatic rings. The number of nitrogens with zero attached hydrogens (tertiary/aromatic N) is 2. The first-order valence-electron chi connectivity index (χ1n) is 3.78. The average molecular weight is 166 g/mol. The van der Waals surface area contributed by atoms with Crippen molar-refractivity contribution in [3.05, 3.63) is 30.1 Å². The summed E-state index contributed by atoms with van der Waals surface area (Å²) in [6.45, 7) is 5.62. The van der Waals surface area contributed by atoms with Crippen molar-refractivity contribution in [2.75, 3.05) is 0 Å². The fraction of sp³-hybridized carbons (Fsp3) is 0.375. The highest BCUT2D eigenvalue weighted by molar-refractivity contribution is 5.16. The molecule has 0 spiro atoms. The van der Waals surface area contributed by atoms with E-state index in [9.17, 15) is 0 Å². The summed E-state index contributed by atoms with van der Waals surface area (Å²) in [5.74, 6) is 5.33. The van der Waals surface area contributed by atoms with Gasteiger partial charge in [-0.3, -0.25) is 10.5 Å². The molecule has 1 unspecified atom stereocenters. The number of hydrogen-bond acceptors (Lipinski definition) is 3. The van der Waals surface area contributed by atoms with Crippen LogP contribution < -0.4 is 11.3 Å². The summed E-state index contributed by atoms with van der Waals surface area (Å²) in [6.07, 6.45) is 1.75. The van der Waals surface area contributed by atoms with Crippen molar-refractivity contribution >= 4 is 0 Å². The smallest absolute Gasteiger partial charge is 0.0806 e. The van der Waals surface area contributed by atoms with Gasteiger partial charge in [-0.25, -0.2) is 5.43 Å². The molecule has 12 heavy (non-hydrogen) atoms. The Labute approximate surface area is 72.0 Å². The summed E-state index contributed by atoms with van der Waals surface area (Å²) < 4.78 is 1.79. The molecule has 1 heterocycles. The van der Waals surface area contributed by atoms with Crippen molar-refractivity contribution in [2.45, 2.75) is 13.0 Å². The van der Waals surface area contributed by atoms with Crippen molar-refractivity contribution in [3.63, 3.8) is 0 Å². The van der Waals surface area contributed by atoms with Gasteiger partial charge >= 0.3 is 0 Å². The maximum Gasteiger partial charge on any atom is 0.0806 e. The molecular weight excluding hydrogens is 152 g/mol. The van der Waals surface area contributed by atoms with Crippen LogP contribution in [0.15, 0.2) is 18.7 Å². The molecule has 0 aliphatic heterocycles. The molecule has 0 saturated heterocycles. The van der Waals surface area contributed by atoms with E-state index in [4.69, 9.17) is 5.84 Å². The number of nitrogens with one attached hydrogen (secondary N) is 1. The van der Waals surface area contributed by atoms with Gasteiger partial charge in [0.05, 0.1) is 17.4 Å². The Morgan fingerprint density at radius 1 is 1.83 bits per heavy atom. The van der Waals surface area contributed by atoms with Crippen LogP contribution in [0.25, 0.3) is 0 Å². The molecule has 4 heteroatoms. The normalized spacial score (nSPS) is 12.9. The zero-order valence-electron chi connectivity index (χ0n) is 7.41. The summed E-state index contributed by atoms with van der Waals surface area (Å²) in [6, 6.07) is 1.95. The third-order valence-electron chi connectivity index (χ3n) is 1.77. The lowest BCUT2D eigenvalue weighted by atomic mass is 10.2. The zero-order valence-corrected chi connectivity index (χ0v) is 7.41. The minimum Gasteiger partial charge on any atom is -0.271 e. The number of hydrazine groups is 1. The molecule has 66 valence electrons. The Balaban J connectivity index is 2.99. The highest BCUT2D eigenvalue weighted by Gasteiger charge is 2.09. The maximum atomic E-state index is 5.33. The van der Waals surface area contributed by atoms with E-state index in [1.54, 1.807) is 10.8 Å². The van der Waals surface area contributed by atoms with Crippen LogP contribution in [0.4, 0.5) is 0 Å². The highest BCUT2D eigenvalue weighted by atomic mass is 15.3. The van der Waals surface area contributed by atoms with E-state index >= 15 is 0 Å². The summed E-state index contributed by atoms with van der Waals surface area (Å²) in [7, 11) is 1.89. The predicted molar refractivity (Wildman–Crippen MR) is 48.2 cm³/mol. The van der Waals surface area contributed by atoms with Crippen LogP contribution in [0, 0.1) is 6.92 Å². The monoisotopic (exact) mass is 166 g/mol. The molecule has 0 radical (unpaired) electrons. The van der Waals surface area contributed by atoms with Gasteiger partial charge < -0.3 is 0 Å². The first-order valence-corrected chi connectivity index (χ1v) is 3.78. The van der Waals surface area contributed by atoms with Gasteiger partial charge in [-0.05, 0) is 13.0 Å². The van der Waals surface area contributed by atoms with Gasteiger partial charge in [0, 0.05) is 7.05 Å². The molecule has 0 fully saturated rings. The second kappa shape index (κ2) is 3.51. The van der Waals surface area contributed by atoms with Crippen molar-refractivity contribution < 1.29 is 0 Å². The van der Waals surface area contributed by atoms with Gasteiger partial charge in [0.2, 0.25) is 0 Å². The Kier molecular flexibility index (Phi) is 2.62. The van der Waals surface area contributed by atoms with E-state index in [-0.39, 0.29) is 6.04 Å². The second-order valence-electron chi connectivity index (χ2n) is 2.71. The van der Waals surface area contributed by atoms with Crippen LogP contribution in [0.3, 0.4) is 0 Å². The summed E-state index contributed by atoms with van der Waals surface area (Å²) in [5, 5.41) is 4.20. The Morgan fingerprint density at radius 3 is 2.83 bits per heavy atom. The second-order valence-corrected chi connectivity index (χ2v) is 2.71. The van der Waals surface area contributed by atoms with Gasteiger partial charge in [-0.2, -0.15) is 5.10 Å². The quantitative estimate of drug-likeness (QED) is 0.388. The van der Waals surface area contributed by atoms with Crippen LogP contribution in [0.5, 0.6) is 0 Å². The topological polar surface area (TPSA) is 55.9 Å². The number of aryl methyl sites for hydroxylation is 2. The minimum absolute atomic E-state index is 0.0313. The standard InChI is InChI=1S/C8H14N4/c1-4-7(10-9)8-5-6(2)11-12(8)3/h4-5,7,10H,1,9H2,2-3H3. The summed E-state index contributed by atoms with van der Waals surface area (Å²) in [5.41, 5.74) is 4.64. The van der Waals surface area contributed by atoms with Crippen molar-refractivity contribution in [1.29, 1.82) is 0 Å². The van der Waals surface area contributed by atoms with Gasteiger partial charge in [0.25, 0.3) is 0 Å². The fourth-order valence-corrected chi connectivity index (χ4v) is 1.20. The maximum absolute atomic E-state index is 5.33. The van der Waals surface area contributed by atoms with Gasteiger partial charge in [-0.15, -0.1) is 6.58 Å². The average Bonchev–Trinajstić information content (AvgIpc) is 2.34. The van der Waals surface area contributed by atoms with E-state index in [0.29, 0.717) is 0 Å². The molecule has 1 atom stereocenters. The van der Waals surface area contributed by atoms with E-state index < -0.39 is 0 Å². The molecule has 0 aliphatic carbocycles. The molecule has 0 bridgehead atoms. The number of nitrogens with two attached hydrogens (primary N) is 1. The van der Waals surface area contributed by atoms with Crippen LogP contribution in [0.2, 0.25) is 0 Å². The lowest BCUT2D eigenvalue weighted by Gasteiger charge is -2.10. The van der Waals surface area contributed by atoms with Gasteiger partial charge in [0.1, 0.15) is 0 Å². The van der Waals surface area contributed by atoms with E-state index in [0.717, 1.165) is 11.4 Å². The first kappa shape index (κ1) is 8.96. The van der Waals surface area contributed by atoms with Gasteiger partial charge in [0.15, 0.2) is 0 Å². The van der Waals surface area contributed by atoms with Crippen LogP contribution >= 0.6 is 0 Å². The largest absolute Gasteiger partial charge is 0.271 e. The van der Waals surface area contributed by atoms with Gasteiger partial charge in [-0.1, -0.05) is 6.08 Å².